The molecule has 0 aromatic carbocycles. The summed E-state index contributed by atoms with van der Waals surface area (Å²) in [5.74, 6) is 0. The zero-order valence-electron chi connectivity index (χ0n) is 6.39. The Morgan fingerprint density at radius 3 is 2.50 bits per heavy atom. The summed E-state index contributed by atoms with van der Waals surface area (Å²) in [4.78, 5) is 0. The summed E-state index contributed by atoms with van der Waals surface area (Å²) >= 11 is 0. The van der Waals surface area contributed by atoms with Gasteiger partial charge in [0.15, 0.2) is 0 Å². The van der Waals surface area contributed by atoms with Crippen LogP contribution in [-0.4, -0.2) is 24.9 Å². The minimum absolute atomic E-state index is 0.160. The number of fused-ring (bicyclic) bond motifs is 2. The van der Waals surface area contributed by atoms with Crippen molar-refractivity contribution in [1.82, 2.24) is 0 Å². The Balaban J connectivity index is 2.08. The molecule has 2 aliphatic heterocycles. The van der Waals surface area contributed by atoms with Crippen LogP contribution in [0.1, 0.15) is 19.8 Å². The average Bonchev–Trinajstić information content (AvgIpc) is 1.86. The van der Waals surface area contributed by atoms with Crippen molar-refractivity contribution in [2.24, 2.45) is 10.8 Å². The molecule has 58 valence electrons. The smallest absolute Gasteiger partial charge is 0.0545 e. The molecule has 2 bridgehead atoms. The van der Waals surface area contributed by atoms with E-state index in [9.17, 15) is 0 Å². The fraction of sp³-hybridized carbons (Fsp3) is 1.00. The second-order valence-corrected chi connectivity index (χ2v) is 4.32. The number of hydrogen-bond donors (Lipinski definition) is 1. The molecule has 0 amide bonds. The Bertz CT molecular complexity index is 147. The Labute approximate surface area is 61.2 Å². The molecule has 0 atom stereocenters. The molecule has 2 heterocycles. The van der Waals surface area contributed by atoms with Crippen LogP contribution in [0.3, 0.4) is 0 Å². The first-order valence-electron chi connectivity index (χ1n) is 3.87. The lowest BCUT2D eigenvalue weighted by Crippen LogP contribution is -2.56. The van der Waals surface area contributed by atoms with Gasteiger partial charge in [-0.05, 0) is 18.3 Å². The predicted molar refractivity (Wildman–Crippen MR) is 37.7 cm³/mol. The third-order valence-electron chi connectivity index (χ3n) is 2.80. The summed E-state index contributed by atoms with van der Waals surface area (Å²) < 4.78 is 5.37. The van der Waals surface area contributed by atoms with Crippen molar-refractivity contribution < 1.29 is 9.84 Å². The van der Waals surface area contributed by atoms with Gasteiger partial charge in [0.2, 0.25) is 0 Å². The summed E-state index contributed by atoms with van der Waals surface area (Å²) in [5.41, 5.74) is 0.563. The Morgan fingerprint density at radius 2 is 2.10 bits per heavy atom. The van der Waals surface area contributed by atoms with Crippen LogP contribution in [0.2, 0.25) is 0 Å². The van der Waals surface area contributed by atoms with Crippen molar-refractivity contribution in [3.63, 3.8) is 0 Å². The average molecular weight is 142 g/mol. The van der Waals surface area contributed by atoms with Crippen LogP contribution >= 0.6 is 0 Å². The minimum Gasteiger partial charge on any atom is -0.396 e. The zero-order chi connectivity index (χ0) is 7.24. The van der Waals surface area contributed by atoms with Crippen LogP contribution in [0.4, 0.5) is 0 Å². The largest absolute Gasteiger partial charge is 0.396 e. The SMILES string of the molecule is CC12COCC(CO)(C1)C2. The van der Waals surface area contributed by atoms with E-state index in [-0.39, 0.29) is 5.41 Å². The van der Waals surface area contributed by atoms with Gasteiger partial charge in [0, 0.05) is 5.41 Å². The molecule has 3 rings (SSSR count). The maximum absolute atomic E-state index is 9.02. The van der Waals surface area contributed by atoms with Gasteiger partial charge in [0.25, 0.3) is 0 Å². The van der Waals surface area contributed by atoms with Gasteiger partial charge < -0.3 is 9.84 Å². The van der Waals surface area contributed by atoms with Crippen LogP contribution in [0.5, 0.6) is 0 Å². The van der Waals surface area contributed by atoms with Crippen molar-refractivity contribution in [3.05, 3.63) is 0 Å². The molecule has 10 heavy (non-hydrogen) atoms. The molecule has 0 aromatic rings. The van der Waals surface area contributed by atoms with Crippen molar-refractivity contribution >= 4 is 0 Å². The zero-order valence-corrected chi connectivity index (χ0v) is 6.39. The van der Waals surface area contributed by atoms with E-state index in [1.807, 2.05) is 0 Å². The van der Waals surface area contributed by atoms with Gasteiger partial charge in [0.1, 0.15) is 0 Å². The van der Waals surface area contributed by atoms with Gasteiger partial charge in [-0.25, -0.2) is 0 Å². The van der Waals surface area contributed by atoms with E-state index in [1.54, 1.807) is 0 Å². The van der Waals surface area contributed by atoms with Crippen molar-refractivity contribution in [3.8, 4) is 0 Å². The van der Waals surface area contributed by atoms with Crippen LogP contribution in [0.15, 0.2) is 0 Å². The van der Waals surface area contributed by atoms with Crippen molar-refractivity contribution in [2.75, 3.05) is 19.8 Å². The quantitative estimate of drug-likeness (QED) is 0.586. The molecule has 0 spiro atoms. The van der Waals surface area contributed by atoms with Crippen molar-refractivity contribution in [1.29, 1.82) is 0 Å². The minimum atomic E-state index is 0.160. The first-order chi connectivity index (χ1) is 4.68. The van der Waals surface area contributed by atoms with Gasteiger partial charge >= 0.3 is 0 Å². The number of aliphatic hydroxyl groups is 1. The summed E-state index contributed by atoms with van der Waals surface area (Å²) in [6, 6.07) is 0. The van der Waals surface area contributed by atoms with E-state index in [0.717, 1.165) is 26.1 Å². The van der Waals surface area contributed by atoms with Crippen LogP contribution in [0, 0.1) is 10.8 Å². The highest BCUT2D eigenvalue weighted by atomic mass is 16.5. The molecule has 2 heteroatoms. The third-order valence-corrected chi connectivity index (χ3v) is 2.80. The highest BCUT2D eigenvalue weighted by molar-refractivity contribution is 5.03. The maximum atomic E-state index is 9.02. The highest BCUT2D eigenvalue weighted by Gasteiger charge is 2.54. The van der Waals surface area contributed by atoms with Crippen LogP contribution in [0.25, 0.3) is 0 Å². The topological polar surface area (TPSA) is 29.5 Å². The second kappa shape index (κ2) is 1.74. The molecule has 2 saturated heterocycles. The van der Waals surface area contributed by atoms with Crippen molar-refractivity contribution in [2.45, 2.75) is 19.8 Å². The molecule has 1 saturated carbocycles. The van der Waals surface area contributed by atoms with E-state index in [4.69, 9.17) is 9.84 Å². The van der Waals surface area contributed by atoms with E-state index >= 15 is 0 Å². The highest BCUT2D eigenvalue weighted by Crippen LogP contribution is 2.57. The predicted octanol–water partition coefficient (Wildman–Crippen LogP) is 0.795. The standard InChI is InChI=1S/C8H14O2/c1-7-2-8(3-7,4-9)6-10-5-7/h9H,2-6H2,1H3. The molecule has 0 unspecified atom stereocenters. The molecule has 1 N–H and O–H groups in total. The Morgan fingerprint density at radius 1 is 1.40 bits per heavy atom. The van der Waals surface area contributed by atoms with Gasteiger partial charge in [-0.15, -0.1) is 0 Å². The molecule has 3 aliphatic rings. The Hall–Kier alpha value is -0.0800. The summed E-state index contributed by atoms with van der Waals surface area (Å²) in [5, 5.41) is 9.02. The molecule has 2 nitrogen and oxygen atoms in total. The number of aliphatic hydroxyl groups excluding tert-OH is 1. The third kappa shape index (κ3) is 0.722. The fourth-order valence-corrected chi connectivity index (χ4v) is 2.63. The Kier molecular flexibility index (Phi) is 1.15. The summed E-state index contributed by atoms with van der Waals surface area (Å²) in [7, 11) is 0. The normalized spacial score (nSPS) is 52.2. The van der Waals surface area contributed by atoms with E-state index < -0.39 is 0 Å². The monoisotopic (exact) mass is 142 g/mol. The molecular weight excluding hydrogens is 128 g/mol. The summed E-state index contributed by atoms with van der Waals surface area (Å²) in [6.45, 7) is 4.22. The molecular formula is C8H14O2. The number of hydrogen-bond acceptors (Lipinski definition) is 2. The van der Waals surface area contributed by atoms with Crippen LogP contribution < -0.4 is 0 Å². The molecule has 0 aromatic heterocycles. The van der Waals surface area contributed by atoms with Gasteiger partial charge in [-0.1, -0.05) is 6.92 Å². The molecule has 1 aliphatic carbocycles. The lowest BCUT2D eigenvalue weighted by atomic mass is 9.53. The van der Waals surface area contributed by atoms with Gasteiger partial charge in [0.05, 0.1) is 19.8 Å². The van der Waals surface area contributed by atoms with E-state index in [1.165, 1.54) is 0 Å². The first-order valence-corrected chi connectivity index (χ1v) is 3.87. The lowest BCUT2D eigenvalue weighted by Gasteiger charge is -2.58. The van der Waals surface area contributed by atoms with E-state index in [2.05, 4.69) is 6.92 Å². The second-order valence-electron chi connectivity index (χ2n) is 4.32. The molecule has 0 radical (unpaired) electrons. The molecule has 3 fully saturated rings. The fourth-order valence-electron chi connectivity index (χ4n) is 2.63. The number of rotatable bonds is 1. The maximum Gasteiger partial charge on any atom is 0.0545 e. The number of ether oxygens (including phenoxy) is 1. The lowest BCUT2D eigenvalue weighted by molar-refractivity contribution is -0.200. The van der Waals surface area contributed by atoms with Gasteiger partial charge in [-0.2, -0.15) is 0 Å². The van der Waals surface area contributed by atoms with Crippen LogP contribution in [-0.2, 0) is 4.74 Å². The summed E-state index contributed by atoms with van der Waals surface area (Å²) in [6.07, 6.45) is 2.33. The first kappa shape index (κ1) is 6.62. The van der Waals surface area contributed by atoms with Gasteiger partial charge in [-0.3, -0.25) is 0 Å². The van der Waals surface area contributed by atoms with E-state index in [0.29, 0.717) is 12.0 Å².